The Morgan fingerprint density at radius 3 is 1.98 bits per heavy atom. The molecule has 1 aromatic carbocycles. The van der Waals surface area contributed by atoms with Gasteiger partial charge < -0.3 is 74.8 Å². The first-order chi connectivity index (χ1) is 43.3. The number of imidazole rings is 2. The fraction of sp³-hybridized carbons (Fsp3) is 0.729. The number of ether oxygens (including phenoxy) is 7. The van der Waals surface area contributed by atoms with E-state index in [-0.39, 0.29) is 82.0 Å². The molecule has 5 aromatic rings. The van der Waals surface area contributed by atoms with E-state index in [1.165, 1.54) is 78.7 Å². The second-order valence-electron chi connectivity index (χ2n) is 24.8. The molecule has 3 aliphatic rings. The van der Waals surface area contributed by atoms with Gasteiger partial charge in [-0.05, 0) is 87.8 Å². The molecule has 10 N–H and O–H groups in total. The molecule has 13 atom stereocenters. The van der Waals surface area contributed by atoms with E-state index >= 15 is 0 Å². The number of rotatable bonds is 38. The van der Waals surface area contributed by atoms with Crippen LogP contribution in [-0.4, -0.2) is 175 Å². The fourth-order valence-electron chi connectivity index (χ4n) is 11.8. The fourth-order valence-corrected chi connectivity index (χ4v) is 14.3. The average molecular weight is 1360 g/mol. The summed E-state index contributed by atoms with van der Waals surface area (Å²) in [6, 6.07) is 0. The minimum atomic E-state index is -4.98. The minimum Gasteiger partial charge on any atom is -0.491 e. The van der Waals surface area contributed by atoms with Gasteiger partial charge in [-0.3, -0.25) is 31.8 Å². The van der Waals surface area contributed by atoms with Gasteiger partial charge in [-0.15, -0.1) is 0 Å². The van der Waals surface area contributed by atoms with E-state index in [1.807, 2.05) is 0 Å². The van der Waals surface area contributed by atoms with E-state index in [4.69, 9.17) is 91.7 Å². The Balaban J connectivity index is 0.745. The highest BCUT2D eigenvalue weighted by Gasteiger charge is 2.48. The van der Waals surface area contributed by atoms with Crippen LogP contribution in [0.3, 0.4) is 0 Å². The van der Waals surface area contributed by atoms with Crippen molar-refractivity contribution >= 4 is 74.3 Å². The third-order valence-corrected chi connectivity index (χ3v) is 20.2. The lowest BCUT2D eigenvalue weighted by Gasteiger charge is -2.38. The lowest BCUT2D eigenvalue weighted by Crippen LogP contribution is -2.37. The summed E-state index contributed by atoms with van der Waals surface area (Å²) in [7, 11) is -8.57. The van der Waals surface area contributed by atoms with Crippen LogP contribution in [0.5, 0.6) is 11.5 Å². The molecule has 28 nitrogen and oxygen atoms in total. The van der Waals surface area contributed by atoms with Crippen LogP contribution in [0, 0.1) is 47.8 Å². The van der Waals surface area contributed by atoms with Crippen LogP contribution in [-0.2, 0) is 61.9 Å². The van der Waals surface area contributed by atoms with Gasteiger partial charge in [-0.25, -0.2) is 19.1 Å². The number of aromatic nitrogens is 8. The SMILES string of the molecule is COP(=O)(OC[C@H]1O[C@@H](n2cnc3c(=S)[nH]c(N)nc32)C(O)C1O)OC1C[C@H](n2cnc3c(=S)[nH]c(N)nc32)O[C@@H]1COP(=O)(O)O[C@H](CO)COCCOCCOCCOc1c(C)c(C)c2c(c1C)CC[C@@](C)(CCC[C@H](C)CCC[C@H](C)CCCC(C)C)O2. The molecule has 3 aliphatic heterocycles. The monoisotopic (exact) mass is 1360 g/mol. The molecule has 8 rings (SSSR count). The largest absolute Gasteiger partial charge is 0.491 e. The summed E-state index contributed by atoms with van der Waals surface area (Å²) < 4.78 is 101. The number of fused-ring (bicyclic) bond motifs is 3. The number of anilines is 2. The lowest BCUT2D eigenvalue weighted by molar-refractivity contribution is -0.0620. The maximum absolute atomic E-state index is 14.2. The van der Waals surface area contributed by atoms with Gasteiger partial charge in [0.05, 0.1) is 72.1 Å². The Bertz CT molecular complexity index is 3410. The van der Waals surface area contributed by atoms with Crippen LogP contribution in [0.25, 0.3) is 22.3 Å². The van der Waals surface area contributed by atoms with E-state index in [0.717, 1.165) is 72.3 Å². The number of phosphoric acid groups is 2. The second-order valence-corrected chi connectivity index (χ2v) is 28.7. The summed E-state index contributed by atoms with van der Waals surface area (Å²) in [4.78, 5) is 33.4. The second kappa shape index (κ2) is 33.0. The van der Waals surface area contributed by atoms with E-state index in [1.54, 1.807) is 0 Å². The highest BCUT2D eigenvalue weighted by molar-refractivity contribution is 7.71. The molecule has 0 saturated carbocycles. The zero-order chi connectivity index (χ0) is 65.8. The maximum Gasteiger partial charge on any atom is 0.474 e. The van der Waals surface area contributed by atoms with Crippen LogP contribution in [0.2, 0.25) is 0 Å². The third-order valence-electron chi connectivity index (χ3n) is 17.1. The van der Waals surface area contributed by atoms with Crippen molar-refractivity contribution in [2.75, 3.05) is 84.6 Å². The third kappa shape index (κ3) is 19.3. The van der Waals surface area contributed by atoms with Crippen molar-refractivity contribution in [3.05, 3.63) is 44.2 Å². The van der Waals surface area contributed by atoms with Gasteiger partial charge in [-0.1, -0.05) is 97.1 Å². The number of H-pyrrole nitrogens is 2. The molecule has 91 heavy (non-hydrogen) atoms. The number of nitrogens with two attached hydrogens (primary N) is 2. The van der Waals surface area contributed by atoms with Crippen LogP contribution < -0.4 is 20.9 Å². The number of hydrogen-bond acceptors (Lipinski definition) is 25. The van der Waals surface area contributed by atoms with Crippen molar-refractivity contribution in [1.29, 1.82) is 0 Å². The molecule has 7 heterocycles. The molecule has 32 heteroatoms. The van der Waals surface area contributed by atoms with Gasteiger partial charge in [0.1, 0.15) is 86.9 Å². The highest BCUT2D eigenvalue weighted by Crippen LogP contribution is 2.54. The molecule has 4 aromatic heterocycles. The molecule has 2 fully saturated rings. The van der Waals surface area contributed by atoms with Gasteiger partial charge in [-0.2, -0.15) is 9.97 Å². The summed E-state index contributed by atoms with van der Waals surface area (Å²) in [6.07, 6.45) is 5.32. The number of aromatic amines is 2. The number of phosphoric ester groups is 2. The van der Waals surface area contributed by atoms with Gasteiger partial charge in [0.2, 0.25) is 11.9 Å². The summed E-state index contributed by atoms with van der Waals surface area (Å²) in [5, 5.41) is 32.2. The number of nitrogen functional groups attached to an aromatic ring is 2. The zero-order valence-electron chi connectivity index (χ0n) is 53.6. The Labute approximate surface area is 541 Å². The first kappa shape index (κ1) is 72.7. The van der Waals surface area contributed by atoms with E-state index in [0.29, 0.717) is 19.8 Å². The van der Waals surface area contributed by atoms with Crippen molar-refractivity contribution in [2.24, 2.45) is 17.8 Å². The molecule has 0 radical (unpaired) electrons. The molecule has 0 aliphatic carbocycles. The number of aliphatic hydroxyl groups is 3. The predicted molar refractivity (Wildman–Crippen MR) is 343 cm³/mol. The van der Waals surface area contributed by atoms with Gasteiger partial charge in [0, 0.05) is 19.1 Å². The molecule has 2 saturated heterocycles. The van der Waals surface area contributed by atoms with Crippen LogP contribution >= 0.6 is 40.1 Å². The lowest BCUT2D eigenvalue weighted by atomic mass is 9.83. The molecular weight excluding hydrogens is 1260 g/mol. The number of nitrogens with zero attached hydrogens (tertiary/aromatic N) is 6. The number of benzene rings is 1. The summed E-state index contributed by atoms with van der Waals surface area (Å²) in [5.41, 5.74) is 17.1. The standard InChI is InChI=1S/C59H94N10O18P2S2/c1-34(2)13-10-14-35(3)15-11-16-36(4)17-12-19-59(8)20-18-41-39(7)50(37(5)38(6)51(41)85-59)80-26-25-78-22-21-77-23-24-79-29-40(28-70)86-88(73,74)81-30-43-42(27-45(83-43)68-32-62-46-52(68)64-57(60)66-54(46)90)87-89(75,76-9)82-31-44-48(71)49(72)56(84-44)69-33-63-47-53(69)65-58(61)67-55(47)91/h32-36,40,42-45,48-49,56,70-72H,10-31H2,1-9H3,(H,73,74)(H3,60,64,66,90)(H3,61,65,67,91)/t35-,36-,40-,42?,43-,44-,45-,48?,49?,56-,59-,89?/m1/s1. The normalized spacial score (nSPS) is 24.2. The highest BCUT2D eigenvalue weighted by atomic mass is 32.1. The Morgan fingerprint density at radius 2 is 1.35 bits per heavy atom. The van der Waals surface area contributed by atoms with Crippen LogP contribution in [0.15, 0.2) is 12.7 Å². The molecule has 0 bridgehead atoms. The quantitative estimate of drug-likeness (QED) is 0.0104. The topological polar surface area (TPSA) is 371 Å². The van der Waals surface area contributed by atoms with Crippen molar-refractivity contribution in [1.82, 2.24) is 39.0 Å². The number of hydrogen-bond donors (Lipinski definition) is 8. The maximum atomic E-state index is 14.2. The molecule has 0 amide bonds. The Hall–Kier alpha value is -4.14. The van der Waals surface area contributed by atoms with Gasteiger partial charge in [0.15, 0.2) is 17.5 Å². The average Bonchev–Trinajstić information content (AvgIpc) is 1.76. The van der Waals surface area contributed by atoms with Gasteiger partial charge >= 0.3 is 15.6 Å². The van der Waals surface area contributed by atoms with Crippen LogP contribution in [0.1, 0.15) is 140 Å². The number of aliphatic hydroxyl groups excluding tert-OH is 3. The van der Waals surface area contributed by atoms with Gasteiger partial charge in [0.25, 0.3) is 0 Å². The van der Waals surface area contributed by atoms with Crippen molar-refractivity contribution in [2.45, 2.75) is 187 Å². The van der Waals surface area contributed by atoms with Crippen molar-refractivity contribution in [3.8, 4) is 11.5 Å². The first-order valence-corrected chi connectivity index (χ1v) is 35.1. The molecule has 510 valence electrons. The van der Waals surface area contributed by atoms with Crippen molar-refractivity contribution < 1.29 is 85.1 Å². The number of nitrogens with one attached hydrogen (secondary N) is 2. The first-order valence-electron chi connectivity index (χ1n) is 31.4. The smallest absolute Gasteiger partial charge is 0.474 e. The predicted octanol–water partition coefficient (Wildman–Crippen LogP) is 9.29. The summed E-state index contributed by atoms with van der Waals surface area (Å²) >= 11 is 10.7. The Morgan fingerprint density at radius 1 is 0.769 bits per heavy atom. The molecular formula is C59H94N10O18P2S2. The molecule has 0 spiro atoms. The van der Waals surface area contributed by atoms with E-state index < -0.39 is 84.5 Å². The van der Waals surface area contributed by atoms with E-state index in [9.17, 15) is 29.3 Å². The molecule has 5 unspecified atom stereocenters. The van der Waals surface area contributed by atoms with Crippen LogP contribution in [0.4, 0.5) is 11.9 Å². The summed E-state index contributed by atoms with van der Waals surface area (Å²) in [6.45, 7) is 17.1. The van der Waals surface area contributed by atoms with E-state index in [2.05, 4.69) is 85.3 Å². The minimum absolute atomic E-state index is 0.0175. The zero-order valence-corrected chi connectivity index (χ0v) is 57.0. The Kier molecular flexibility index (Phi) is 26.4. The van der Waals surface area contributed by atoms with Crippen molar-refractivity contribution in [3.63, 3.8) is 0 Å². The summed E-state index contributed by atoms with van der Waals surface area (Å²) in [5.74, 6) is 4.18.